The quantitative estimate of drug-likeness (QED) is 0.582. The summed E-state index contributed by atoms with van der Waals surface area (Å²) in [5.74, 6) is 0. The predicted molar refractivity (Wildman–Crippen MR) is 32.7 cm³/mol. The van der Waals surface area contributed by atoms with E-state index in [0.29, 0.717) is 12.8 Å². The van der Waals surface area contributed by atoms with Gasteiger partial charge in [-0.1, -0.05) is 6.42 Å². The first-order valence-corrected chi connectivity index (χ1v) is 3.27. The van der Waals surface area contributed by atoms with Crippen LogP contribution in [0.4, 0.5) is 8.78 Å². The first kappa shape index (κ1) is 9.78. The minimum Gasteiger partial charge on any atom is -0.396 e. The molecule has 2 N–H and O–H groups in total. The average Bonchev–Trinajstić information content (AvgIpc) is 1.78. The van der Waals surface area contributed by atoms with Crippen LogP contribution in [0.2, 0.25) is 0 Å². The summed E-state index contributed by atoms with van der Waals surface area (Å²) in [5, 5.41) is 16.2. The zero-order valence-corrected chi connectivity index (χ0v) is 5.69. The minimum atomic E-state index is -3.53. The number of hydrogen-bond acceptors (Lipinski definition) is 2. The number of aliphatic hydroxyl groups is 2. The van der Waals surface area contributed by atoms with E-state index in [2.05, 4.69) is 0 Å². The van der Waals surface area contributed by atoms with Crippen molar-refractivity contribution in [3.05, 3.63) is 0 Å². The van der Waals surface area contributed by atoms with Gasteiger partial charge in [0.25, 0.3) is 0 Å². The van der Waals surface area contributed by atoms with Crippen molar-refractivity contribution in [2.24, 2.45) is 0 Å². The molecule has 0 aromatic rings. The van der Waals surface area contributed by atoms with E-state index in [-0.39, 0.29) is 13.0 Å². The Morgan fingerprint density at radius 1 is 1.10 bits per heavy atom. The summed E-state index contributed by atoms with van der Waals surface area (Å²) in [6, 6.07) is 0. The van der Waals surface area contributed by atoms with Crippen LogP contribution in [0.1, 0.15) is 25.7 Å². The molecule has 0 aliphatic carbocycles. The standard InChI is InChI=1S/C6H12F2O2/c7-6(8,10)4-2-1-3-5-9/h9-10H,1-5H2. The maximum atomic E-state index is 11.6. The Hall–Kier alpha value is -0.220. The molecule has 0 unspecified atom stereocenters. The summed E-state index contributed by atoms with van der Waals surface area (Å²) in [6.07, 6.45) is -2.73. The highest BCUT2D eigenvalue weighted by Gasteiger charge is 2.22. The molecule has 0 aliphatic heterocycles. The molecule has 0 saturated heterocycles. The lowest BCUT2D eigenvalue weighted by Gasteiger charge is -2.06. The molecule has 0 radical (unpaired) electrons. The topological polar surface area (TPSA) is 40.5 Å². The molecule has 0 fully saturated rings. The molecule has 0 aromatic carbocycles. The van der Waals surface area contributed by atoms with E-state index in [9.17, 15) is 8.78 Å². The molecule has 10 heavy (non-hydrogen) atoms. The molecule has 0 rings (SSSR count). The van der Waals surface area contributed by atoms with Crippen LogP contribution in [0.25, 0.3) is 0 Å². The Balaban J connectivity index is 3.04. The third kappa shape index (κ3) is 7.78. The Morgan fingerprint density at radius 2 is 1.70 bits per heavy atom. The molecule has 62 valence electrons. The fourth-order valence-electron chi connectivity index (χ4n) is 0.626. The highest BCUT2D eigenvalue weighted by molar-refractivity contribution is 4.49. The summed E-state index contributed by atoms with van der Waals surface area (Å²) in [5.41, 5.74) is 0. The molecule has 0 aromatic heterocycles. The SMILES string of the molecule is OCCCCCC(O)(F)F. The average molecular weight is 154 g/mol. The number of aliphatic hydroxyl groups excluding tert-OH is 1. The second-order valence-electron chi connectivity index (χ2n) is 2.20. The molecule has 0 saturated carbocycles. The van der Waals surface area contributed by atoms with Crippen molar-refractivity contribution in [2.75, 3.05) is 6.61 Å². The van der Waals surface area contributed by atoms with Crippen molar-refractivity contribution in [3.8, 4) is 0 Å². The van der Waals surface area contributed by atoms with Gasteiger partial charge in [0.05, 0.1) is 0 Å². The maximum absolute atomic E-state index is 11.6. The van der Waals surface area contributed by atoms with E-state index in [0.717, 1.165) is 0 Å². The summed E-state index contributed by atoms with van der Waals surface area (Å²) in [4.78, 5) is 0. The first-order chi connectivity index (χ1) is 4.56. The van der Waals surface area contributed by atoms with Gasteiger partial charge in [-0.05, 0) is 12.8 Å². The molecule has 0 spiro atoms. The van der Waals surface area contributed by atoms with Crippen LogP contribution in [-0.2, 0) is 0 Å². The summed E-state index contributed by atoms with van der Waals surface area (Å²) < 4.78 is 23.3. The Morgan fingerprint density at radius 3 is 2.10 bits per heavy atom. The highest BCUT2D eigenvalue weighted by Crippen LogP contribution is 2.17. The lowest BCUT2D eigenvalue weighted by molar-refractivity contribution is -0.203. The van der Waals surface area contributed by atoms with Crippen molar-refractivity contribution in [1.82, 2.24) is 0 Å². The van der Waals surface area contributed by atoms with Crippen molar-refractivity contribution >= 4 is 0 Å². The number of hydrogen-bond donors (Lipinski definition) is 2. The molecule has 0 aliphatic rings. The summed E-state index contributed by atoms with van der Waals surface area (Å²) in [6.45, 7) is 0.0248. The van der Waals surface area contributed by atoms with Gasteiger partial charge in [0, 0.05) is 13.0 Å². The molecule has 2 nitrogen and oxygen atoms in total. The van der Waals surface area contributed by atoms with E-state index in [1.54, 1.807) is 0 Å². The highest BCUT2D eigenvalue weighted by atomic mass is 19.3. The van der Waals surface area contributed by atoms with Crippen molar-refractivity contribution < 1.29 is 19.0 Å². The van der Waals surface area contributed by atoms with Crippen LogP contribution < -0.4 is 0 Å². The van der Waals surface area contributed by atoms with Gasteiger partial charge in [-0.15, -0.1) is 0 Å². The fraction of sp³-hybridized carbons (Fsp3) is 1.00. The second-order valence-corrected chi connectivity index (χ2v) is 2.20. The Bertz CT molecular complexity index is 80.3. The molecular weight excluding hydrogens is 142 g/mol. The van der Waals surface area contributed by atoms with E-state index in [4.69, 9.17) is 10.2 Å². The van der Waals surface area contributed by atoms with Gasteiger partial charge in [0.15, 0.2) is 0 Å². The van der Waals surface area contributed by atoms with Crippen LogP contribution in [0.3, 0.4) is 0 Å². The smallest absolute Gasteiger partial charge is 0.353 e. The fourth-order valence-corrected chi connectivity index (χ4v) is 0.626. The Kier molecular flexibility index (Phi) is 4.47. The van der Waals surface area contributed by atoms with Crippen LogP contribution in [0.5, 0.6) is 0 Å². The van der Waals surface area contributed by atoms with Crippen LogP contribution in [-0.4, -0.2) is 22.9 Å². The lowest BCUT2D eigenvalue weighted by atomic mass is 10.2. The zero-order chi connectivity index (χ0) is 8.04. The molecule has 0 bridgehead atoms. The molecule has 0 atom stereocenters. The van der Waals surface area contributed by atoms with Gasteiger partial charge < -0.3 is 10.2 Å². The van der Waals surface area contributed by atoms with E-state index in [1.165, 1.54) is 0 Å². The van der Waals surface area contributed by atoms with Gasteiger partial charge >= 0.3 is 6.11 Å². The number of alkyl halides is 2. The van der Waals surface area contributed by atoms with Gasteiger partial charge in [0.2, 0.25) is 0 Å². The first-order valence-electron chi connectivity index (χ1n) is 3.27. The zero-order valence-electron chi connectivity index (χ0n) is 5.69. The van der Waals surface area contributed by atoms with Crippen LogP contribution in [0, 0.1) is 0 Å². The lowest BCUT2D eigenvalue weighted by Crippen LogP contribution is -2.13. The van der Waals surface area contributed by atoms with Crippen molar-refractivity contribution in [1.29, 1.82) is 0 Å². The molecule has 0 heterocycles. The van der Waals surface area contributed by atoms with Gasteiger partial charge in [-0.3, -0.25) is 0 Å². The molecule has 4 heteroatoms. The third-order valence-corrected chi connectivity index (χ3v) is 1.14. The number of rotatable bonds is 5. The van der Waals surface area contributed by atoms with Crippen molar-refractivity contribution in [3.63, 3.8) is 0 Å². The number of unbranched alkanes of at least 4 members (excludes halogenated alkanes) is 2. The predicted octanol–water partition coefficient (Wildman–Crippen LogP) is 1.12. The van der Waals surface area contributed by atoms with Crippen LogP contribution >= 0.6 is 0 Å². The van der Waals surface area contributed by atoms with Gasteiger partial charge in [-0.25, -0.2) is 0 Å². The second kappa shape index (κ2) is 4.57. The molecule has 0 amide bonds. The third-order valence-electron chi connectivity index (χ3n) is 1.14. The maximum Gasteiger partial charge on any atom is 0.353 e. The van der Waals surface area contributed by atoms with Gasteiger partial charge in [-0.2, -0.15) is 8.78 Å². The van der Waals surface area contributed by atoms with E-state index < -0.39 is 12.5 Å². The Labute approximate surface area is 58.5 Å². The number of halogens is 2. The largest absolute Gasteiger partial charge is 0.396 e. The normalized spacial score (nSPS) is 12.0. The van der Waals surface area contributed by atoms with Gasteiger partial charge in [0.1, 0.15) is 0 Å². The summed E-state index contributed by atoms with van der Waals surface area (Å²) >= 11 is 0. The summed E-state index contributed by atoms with van der Waals surface area (Å²) in [7, 11) is 0. The van der Waals surface area contributed by atoms with Crippen molar-refractivity contribution in [2.45, 2.75) is 31.8 Å². The monoisotopic (exact) mass is 154 g/mol. The van der Waals surface area contributed by atoms with E-state index >= 15 is 0 Å². The minimum absolute atomic E-state index is 0.0248. The van der Waals surface area contributed by atoms with E-state index in [1.807, 2.05) is 0 Å². The van der Waals surface area contributed by atoms with Crippen LogP contribution in [0.15, 0.2) is 0 Å². The molecular formula is C6H12F2O2.